The topological polar surface area (TPSA) is 3.88 Å². The highest BCUT2D eigenvalue weighted by Gasteiger charge is 2.27. The molecule has 0 aliphatic heterocycles. The van der Waals surface area contributed by atoms with Gasteiger partial charge < -0.3 is 12.4 Å². The van der Waals surface area contributed by atoms with E-state index in [4.69, 9.17) is 0 Å². The molecule has 2 aromatic carbocycles. The molecule has 0 bridgehead atoms. The van der Waals surface area contributed by atoms with Crippen LogP contribution in [0.2, 0.25) is 0 Å². The lowest BCUT2D eigenvalue weighted by atomic mass is 9.78. The Morgan fingerprint density at radius 1 is 0.781 bits per heavy atom. The van der Waals surface area contributed by atoms with Gasteiger partial charge in [0.15, 0.2) is 0 Å². The molecule has 0 spiro atoms. The number of hydrogen-bond acceptors (Lipinski definition) is 1. The Kier molecular flexibility index (Phi) is 8.40. The van der Waals surface area contributed by atoms with E-state index in [0.717, 1.165) is 19.3 Å². The molecule has 174 valence electrons. The first-order valence-corrected chi connectivity index (χ1v) is 12.7. The first kappa shape index (κ1) is 26.6. The molecule has 0 radical (unpaired) electrons. The molecule has 0 aliphatic rings. The number of benzene rings is 2. The van der Waals surface area contributed by atoms with Gasteiger partial charge in [0.2, 0.25) is 16.9 Å². The van der Waals surface area contributed by atoms with E-state index >= 15 is 0 Å². The largest absolute Gasteiger partial charge is 1.00 e. The Labute approximate surface area is 206 Å². The molecule has 1 heterocycles. The Balaban J connectivity index is 0.00000363. The lowest BCUT2D eigenvalue weighted by Gasteiger charge is -2.26. The van der Waals surface area contributed by atoms with Gasteiger partial charge in [0.1, 0.15) is 0 Å². The van der Waals surface area contributed by atoms with E-state index in [2.05, 4.69) is 109 Å². The van der Waals surface area contributed by atoms with Crippen LogP contribution in [0.3, 0.4) is 0 Å². The number of para-hydroxylation sites is 1. The average Bonchev–Trinajstić information content (AvgIpc) is 3.14. The number of hydrogen-bond donors (Lipinski definition) is 0. The van der Waals surface area contributed by atoms with Crippen LogP contribution < -0.4 is 17.0 Å². The van der Waals surface area contributed by atoms with Crippen LogP contribution >= 0.6 is 11.3 Å². The van der Waals surface area contributed by atoms with Crippen molar-refractivity contribution >= 4 is 11.3 Å². The summed E-state index contributed by atoms with van der Waals surface area (Å²) in [5.74, 6) is 0. The molecule has 0 atom stereocenters. The molecule has 3 rings (SSSR count). The average molecular weight is 470 g/mol. The van der Waals surface area contributed by atoms with Crippen LogP contribution in [0.1, 0.15) is 89.6 Å². The number of rotatable bonds is 5. The summed E-state index contributed by atoms with van der Waals surface area (Å²) in [5.41, 5.74) is 12.3. The highest BCUT2D eigenvalue weighted by Crippen LogP contribution is 2.36. The maximum atomic E-state index is 2.48. The zero-order valence-corrected chi connectivity index (χ0v) is 23.0. The van der Waals surface area contributed by atoms with Gasteiger partial charge in [-0.2, -0.15) is 4.57 Å². The number of aryl methyl sites for hydroxylation is 2. The molecule has 0 fully saturated rings. The Morgan fingerprint density at radius 3 is 1.84 bits per heavy atom. The van der Waals surface area contributed by atoms with Crippen LogP contribution in [-0.2, 0) is 30.1 Å². The van der Waals surface area contributed by atoms with Gasteiger partial charge in [-0.25, -0.2) is 0 Å². The molecule has 0 saturated heterocycles. The van der Waals surface area contributed by atoms with Gasteiger partial charge >= 0.3 is 0 Å². The third-order valence-electron chi connectivity index (χ3n) is 6.29. The van der Waals surface area contributed by atoms with Crippen LogP contribution in [0.25, 0.3) is 16.8 Å². The zero-order chi connectivity index (χ0) is 23.0. The first-order valence-electron chi connectivity index (χ1n) is 11.8. The van der Waals surface area contributed by atoms with E-state index in [-0.39, 0.29) is 23.2 Å². The third kappa shape index (κ3) is 5.29. The summed E-state index contributed by atoms with van der Waals surface area (Å²) < 4.78 is 2.48. The molecule has 1 aromatic heterocycles. The fraction of sp³-hybridized carbons (Fsp3) is 0.483. The van der Waals surface area contributed by atoms with E-state index in [9.17, 15) is 0 Å². The molecule has 0 unspecified atom stereocenters. The second kappa shape index (κ2) is 10.1. The van der Waals surface area contributed by atoms with Crippen molar-refractivity contribution in [2.24, 2.45) is 0 Å². The minimum absolute atomic E-state index is 0. The van der Waals surface area contributed by atoms with Crippen molar-refractivity contribution in [1.82, 2.24) is 0 Å². The Hall–Kier alpha value is -1.64. The van der Waals surface area contributed by atoms with Gasteiger partial charge in [-0.05, 0) is 46.4 Å². The van der Waals surface area contributed by atoms with Crippen molar-refractivity contribution in [1.29, 1.82) is 0 Å². The lowest BCUT2D eigenvalue weighted by molar-refractivity contribution is -0.598. The number of halogens is 1. The van der Waals surface area contributed by atoms with E-state index in [1.165, 1.54) is 44.1 Å². The molecule has 0 N–H and O–H groups in total. The Morgan fingerprint density at radius 2 is 1.38 bits per heavy atom. The second-order valence-corrected chi connectivity index (χ2v) is 11.6. The van der Waals surface area contributed by atoms with Crippen molar-refractivity contribution in [3.63, 3.8) is 0 Å². The van der Waals surface area contributed by atoms with Crippen molar-refractivity contribution in [3.8, 4) is 16.8 Å². The van der Waals surface area contributed by atoms with Crippen molar-refractivity contribution < 1.29 is 17.0 Å². The fourth-order valence-electron chi connectivity index (χ4n) is 4.27. The van der Waals surface area contributed by atoms with E-state index < -0.39 is 0 Å². The van der Waals surface area contributed by atoms with Gasteiger partial charge in [0.05, 0.1) is 10.4 Å². The standard InChI is InChI=1S/C29H40NS.ClH/c1-10-20-14-13-15-24(27(20)30-19-31-26(12-3)25(30)11-2)21-16-22(28(4,5)6)18-23(17-21)29(7,8)9;/h13-19H,10-12H2,1-9H3;1H/q+1;/p-1. The number of thiazole rings is 1. The van der Waals surface area contributed by atoms with Gasteiger partial charge in [0, 0.05) is 12.0 Å². The third-order valence-corrected chi connectivity index (χ3v) is 7.41. The van der Waals surface area contributed by atoms with Gasteiger partial charge in [-0.3, -0.25) is 0 Å². The lowest BCUT2D eigenvalue weighted by Crippen LogP contribution is -3.00. The summed E-state index contributed by atoms with van der Waals surface area (Å²) in [6.07, 6.45) is 3.18. The number of aromatic nitrogens is 1. The highest BCUT2D eigenvalue weighted by molar-refractivity contribution is 7.09. The molecule has 1 nitrogen and oxygen atoms in total. The van der Waals surface area contributed by atoms with Crippen LogP contribution in [0.15, 0.2) is 41.9 Å². The molecular weight excluding hydrogens is 430 g/mol. The smallest absolute Gasteiger partial charge is 0.231 e. The normalized spacial score (nSPS) is 12.0. The zero-order valence-electron chi connectivity index (χ0n) is 21.4. The summed E-state index contributed by atoms with van der Waals surface area (Å²) in [4.78, 5) is 1.50. The molecule has 3 aromatic rings. The van der Waals surface area contributed by atoms with E-state index in [1.54, 1.807) is 0 Å². The molecular formula is C29H40ClNS. The molecule has 32 heavy (non-hydrogen) atoms. The second-order valence-electron chi connectivity index (χ2n) is 10.6. The van der Waals surface area contributed by atoms with Crippen molar-refractivity contribution in [3.05, 3.63) is 69.2 Å². The summed E-state index contributed by atoms with van der Waals surface area (Å²) in [6, 6.07) is 14.1. The monoisotopic (exact) mass is 469 g/mol. The molecule has 0 saturated carbocycles. The number of nitrogens with zero attached hydrogens (tertiary/aromatic N) is 1. The van der Waals surface area contributed by atoms with E-state index in [1.807, 2.05) is 11.3 Å². The summed E-state index contributed by atoms with van der Waals surface area (Å²) in [5, 5.41) is 0. The highest BCUT2D eigenvalue weighted by atomic mass is 35.5. The first-order chi connectivity index (χ1) is 14.5. The summed E-state index contributed by atoms with van der Waals surface area (Å²) in [6.45, 7) is 20.7. The molecule has 3 heteroatoms. The summed E-state index contributed by atoms with van der Waals surface area (Å²) in [7, 11) is 0. The van der Waals surface area contributed by atoms with Gasteiger partial charge in [0.25, 0.3) is 0 Å². The van der Waals surface area contributed by atoms with Crippen LogP contribution in [0, 0.1) is 0 Å². The fourth-order valence-corrected chi connectivity index (χ4v) is 5.28. The Bertz CT molecular complexity index is 1030. The molecule has 0 aliphatic carbocycles. The SMILES string of the molecule is CCc1cccc(-c2cc(C(C)(C)C)cc(C(C)(C)C)c2)c1-[n+]1csc(CC)c1CC.[Cl-]. The van der Waals surface area contributed by atoms with Crippen molar-refractivity contribution in [2.75, 3.05) is 0 Å². The van der Waals surface area contributed by atoms with E-state index in [0.29, 0.717) is 0 Å². The van der Waals surface area contributed by atoms with Gasteiger partial charge in [-0.15, -0.1) is 0 Å². The maximum Gasteiger partial charge on any atom is 0.231 e. The quantitative estimate of drug-likeness (QED) is 0.464. The predicted octanol–water partition coefficient (Wildman–Crippen LogP) is 4.98. The maximum absolute atomic E-state index is 2.48. The predicted molar refractivity (Wildman–Crippen MR) is 137 cm³/mol. The minimum atomic E-state index is 0. The van der Waals surface area contributed by atoms with Gasteiger partial charge in [-0.1, -0.05) is 104 Å². The van der Waals surface area contributed by atoms with Crippen LogP contribution in [0.4, 0.5) is 0 Å². The molecule has 0 amide bonds. The van der Waals surface area contributed by atoms with Crippen molar-refractivity contribution in [2.45, 2.75) is 92.4 Å². The van der Waals surface area contributed by atoms with Crippen LogP contribution in [0.5, 0.6) is 0 Å². The van der Waals surface area contributed by atoms with Crippen LogP contribution in [-0.4, -0.2) is 0 Å². The minimum Gasteiger partial charge on any atom is -1.00 e. The summed E-state index contributed by atoms with van der Waals surface area (Å²) >= 11 is 1.90.